The van der Waals surface area contributed by atoms with Crippen molar-refractivity contribution in [3.63, 3.8) is 0 Å². The second-order valence-electron chi connectivity index (χ2n) is 5.28. The van der Waals surface area contributed by atoms with E-state index < -0.39 is 10.0 Å². The fraction of sp³-hybridized carbons (Fsp3) is 0.600. The molecule has 0 amide bonds. The van der Waals surface area contributed by atoms with Crippen LogP contribution in [0.3, 0.4) is 0 Å². The first-order valence-corrected chi connectivity index (χ1v) is 10.1. The summed E-state index contributed by atoms with van der Waals surface area (Å²) >= 11 is 1.78. The molecule has 0 saturated heterocycles. The lowest BCUT2D eigenvalue weighted by Gasteiger charge is -2.10. The van der Waals surface area contributed by atoms with Crippen LogP contribution < -0.4 is 10.0 Å². The summed E-state index contributed by atoms with van der Waals surface area (Å²) in [6.45, 7) is 5.42. The van der Waals surface area contributed by atoms with Crippen molar-refractivity contribution in [2.75, 3.05) is 18.6 Å². The standard InChI is InChI=1S/C15H26N2O2S2/c1-13(2)16-12-14-6-8-15(9-7-14)21(18,19)17-10-4-5-11-20-3/h6-9,13,16-17H,4-5,10-12H2,1-3H3. The Morgan fingerprint density at radius 2 is 1.81 bits per heavy atom. The van der Waals surface area contributed by atoms with E-state index in [1.54, 1.807) is 23.9 Å². The van der Waals surface area contributed by atoms with Crippen molar-refractivity contribution in [3.05, 3.63) is 29.8 Å². The van der Waals surface area contributed by atoms with Crippen molar-refractivity contribution < 1.29 is 8.42 Å². The Bertz CT molecular complexity index is 499. The minimum absolute atomic E-state index is 0.334. The summed E-state index contributed by atoms with van der Waals surface area (Å²) in [7, 11) is -3.37. The molecule has 0 aliphatic carbocycles. The monoisotopic (exact) mass is 330 g/mol. The highest BCUT2D eigenvalue weighted by atomic mass is 32.2. The van der Waals surface area contributed by atoms with Gasteiger partial charge >= 0.3 is 0 Å². The molecule has 0 radical (unpaired) electrons. The number of hydrogen-bond donors (Lipinski definition) is 2. The van der Waals surface area contributed by atoms with Crippen molar-refractivity contribution in [3.8, 4) is 0 Å². The van der Waals surface area contributed by atoms with E-state index in [0.717, 1.165) is 30.7 Å². The van der Waals surface area contributed by atoms with Crippen LogP contribution in [0.5, 0.6) is 0 Å². The molecule has 0 aliphatic heterocycles. The van der Waals surface area contributed by atoms with Gasteiger partial charge in [-0.3, -0.25) is 0 Å². The molecule has 0 unspecified atom stereocenters. The van der Waals surface area contributed by atoms with Gasteiger partial charge in [0, 0.05) is 19.1 Å². The summed E-state index contributed by atoms with van der Waals surface area (Å²) in [4.78, 5) is 0.334. The van der Waals surface area contributed by atoms with Crippen LogP contribution in [0.25, 0.3) is 0 Å². The summed E-state index contributed by atoms with van der Waals surface area (Å²) < 4.78 is 26.9. The van der Waals surface area contributed by atoms with Gasteiger partial charge in [-0.05, 0) is 42.5 Å². The summed E-state index contributed by atoms with van der Waals surface area (Å²) in [6.07, 6.45) is 3.96. The molecule has 2 N–H and O–H groups in total. The molecule has 1 rings (SSSR count). The SMILES string of the molecule is CSCCCCNS(=O)(=O)c1ccc(CNC(C)C)cc1. The highest BCUT2D eigenvalue weighted by molar-refractivity contribution is 7.98. The van der Waals surface area contributed by atoms with Crippen molar-refractivity contribution in [2.45, 2.75) is 44.2 Å². The van der Waals surface area contributed by atoms with Gasteiger partial charge in [0.15, 0.2) is 0 Å². The van der Waals surface area contributed by atoms with Gasteiger partial charge in [0.05, 0.1) is 4.90 Å². The van der Waals surface area contributed by atoms with Crippen molar-refractivity contribution >= 4 is 21.8 Å². The van der Waals surface area contributed by atoms with Crippen LogP contribution >= 0.6 is 11.8 Å². The first-order valence-electron chi connectivity index (χ1n) is 7.26. The van der Waals surface area contributed by atoms with Crippen molar-refractivity contribution in [1.82, 2.24) is 10.0 Å². The van der Waals surface area contributed by atoms with Crippen LogP contribution in [0, 0.1) is 0 Å². The van der Waals surface area contributed by atoms with Gasteiger partial charge in [0.2, 0.25) is 10.0 Å². The summed E-state index contributed by atoms with van der Waals surface area (Å²) in [6, 6.07) is 7.47. The molecule has 0 aromatic heterocycles. The van der Waals surface area contributed by atoms with Gasteiger partial charge < -0.3 is 5.32 Å². The predicted molar refractivity (Wildman–Crippen MR) is 91.2 cm³/mol. The maximum atomic E-state index is 12.1. The lowest BCUT2D eigenvalue weighted by atomic mass is 10.2. The molecule has 0 aliphatic rings. The van der Waals surface area contributed by atoms with E-state index in [-0.39, 0.29) is 0 Å². The molecular weight excluding hydrogens is 304 g/mol. The Labute approximate surface area is 133 Å². The quantitative estimate of drug-likeness (QED) is 0.648. The molecule has 0 fully saturated rings. The van der Waals surface area contributed by atoms with Gasteiger partial charge in [-0.1, -0.05) is 26.0 Å². The molecule has 1 aromatic carbocycles. The molecular formula is C15H26N2O2S2. The number of sulfonamides is 1. The fourth-order valence-electron chi connectivity index (χ4n) is 1.77. The minimum atomic E-state index is -3.37. The fourth-order valence-corrected chi connectivity index (χ4v) is 3.34. The average Bonchev–Trinajstić information content (AvgIpc) is 2.45. The second-order valence-corrected chi connectivity index (χ2v) is 8.03. The van der Waals surface area contributed by atoms with E-state index in [9.17, 15) is 8.42 Å². The molecule has 4 nitrogen and oxygen atoms in total. The summed E-state index contributed by atoms with van der Waals surface area (Å²) in [5, 5.41) is 3.31. The maximum absolute atomic E-state index is 12.1. The highest BCUT2D eigenvalue weighted by Crippen LogP contribution is 2.11. The Hall–Kier alpha value is -0.560. The molecule has 120 valence electrons. The minimum Gasteiger partial charge on any atom is -0.310 e. The predicted octanol–water partition coefficient (Wildman–Crippen LogP) is 2.61. The maximum Gasteiger partial charge on any atom is 0.240 e. The molecule has 0 saturated carbocycles. The van der Waals surface area contributed by atoms with E-state index in [2.05, 4.69) is 30.1 Å². The average molecular weight is 331 g/mol. The van der Waals surface area contributed by atoms with E-state index >= 15 is 0 Å². The third kappa shape index (κ3) is 7.31. The Morgan fingerprint density at radius 1 is 1.14 bits per heavy atom. The summed E-state index contributed by atoms with van der Waals surface area (Å²) in [5.41, 5.74) is 1.09. The number of rotatable bonds is 10. The van der Waals surface area contributed by atoms with Crippen LogP contribution in [-0.2, 0) is 16.6 Å². The molecule has 0 atom stereocenters. The lowest BCUT2D eigenvalue weighted by molar-refractivity contribution is 0.577. The van der Waals surface area contributed by atoms with Crippen LogP contribution in [0.1, 0.15) is 32.3 Å². The third-order valence-electron chi connectivity index (χ3n) is 3.02. The van der Waals surface area contributed by atoms with E-state index in [4.69, 9.17) is 0 Å². The smallest absolute Gasteiger partial charge is 0.240 e. The molecule has 0 spiro atoms. The molecule has 0 heterocycles. The molecule has 21 heavy (non-hydrogen) atoms. The second kappa shape index (κ2) is 9.46. The molecule has 6 heteroatoms. The van der Waals surface area contributed by atoms with Crippen molar-refractivity contribution in [1.29, 1.82) is 0 Å². The largest absolute Gasteiger partial charge is 0.310 e. The Kier molecular flexibility index (Phi) is 8.33. The topological polar surface area (TPSA) is 58.2 Å². The zero-order valence-corrected chi connectivity index (χ0v) is 14.7. The number of unbranched alkanes of at least 4 members (excludes halogenated alkanes) is 1. The third-order valence-corrected chi connectivity index (χ3v) is 5.19. The van der Waals surface area contributed by atoms with Gasteiger partial charge in [-0.25, -0.2) is 13.1 Å². The van der Waals surface area contributed by atoms with Gasteiger partial charge in [0.25, 0.3) is 0 Å². The zero-order valence-electron chi connectivity index (χ0n) is 13.1. The number of nitrogens with one attached hydrogen (secondary N) is 2. The van der Waals surface area contributed by atoms with Crippen molar-refractivity contribution in [2.24, 2.45) is 0 Å². The molecule has 1 aromatic rings. The highest BCUT2D eigenvalue weighted by Gasteiger charge is 2.12. The van der Waals surface area contributed by atoms with Crippen LogP contribution in [-0.4, -0.2) is 33.0 Å². The molecule has 0 bridgehead atoms. The van der Waals surface area contributed by atoms with Gasteiger partial charge in [0.1, 0.15) is 0 Å². The number of thioether (sulfide) groups is 1. The van der Waals surface area contributed by atoms with Crippen LogP contribution in [0.15, 0.2) is 29.2 Å². The van der Waals surface area contributed by atoms with E-state index in [1.165, 1.54) is 0 Å². The lowest BCUT2D eigenvalue weighted by Crippen LogP contribution is -2.25. The Balaban J connectivity index is 2.51. The number of hydrogen-bond acceptors (Lipinski definition) is 4. The van der Waals surface area contributed by atoms with Gasteiger partial charge in [-0.15, -0.1) is 0 Å². The first-order chi connectivity index (χ1) is 9.95. The van der Waals surface area contributed by atoms with Gasteiger partial charge in [-0.2, -0.15) is 11.8 Å². The van der Waals surface area contributed by atoms with Crippen LogP contribution in [0.4, 0.5) is 0 Å². The van der Waals surface area contributed by atoms with Crippen LogP contribution in [0.2, 0.25) is 0 Å². The Morgan fingerprint density at radius 3 is 2.38 bits per heavy atom. The normalized spacial score (nSPS) is 12.0. The van der Waals surface area contributed by atoms with E-state index in [0.29, 0.717) is 17.5 Å². The summed E-state index contributed by atoms with van der Waals surface area (Å²) in [5.74, 6) is 1.07. The number of benzene rings is 1. The first kappa shape index (κ1) is 18.5. The van der Waals surface area contributed by atoms with E-state index in [1.807, 2.05) is 12.1 Å². The zero-order chi connectivity index (χ0) is 15.7.